The van der Waals surface area contributed by atoms with Crippen molar-refractivity contribution in [3.63, 3.8) is 0 Å². The van der Waals surface area contributed by atoms with Crippen LogP contribution in [-0.4, -0.2) is 37.4 Å². The summed E-state index contributed by atoms with van der Waals surface area (Å²) in [6.07, 6.45) is 1.79. The van der Waals surface area contributed by atoms with Crippen LogP contribution in [0.5, 0.6) is 0 Å². The molecule has 1 fully saturated rings. The third-order valence-electron chi connectivity index (χ3n) is 3.77. The highest BCUT2D eigenvalue weighted by Gasteiger charge is 2.15. The smallest absolute Gasteiger partial charge is 0.0557 e. The van der Waals surface area contributed by atoms with Crippen molar-refractivity contribution in [2.24, 2.45) is 5.10 Å². The normalized spacial score (nSPS) is 15.4. The van der Waals surface area contributed by atoms with Crippen molar-refractivity contribution in [2.45, 2.75) is 0 Å². The molecule has 1 aliphatic heterocycles. The third-order valence-corrected chi connectivity index (χ3v) is 4.58. The van der Waals surface area contributed by atoms with Crippen LogP contribution < -0.4 is 4.90 Å². The summed E-state index contributed by atoms with van der Waals surface area (Å²) >= 11 is 18.0. The van der Waals surface area contributed by atoms with Crippen LogP contribution in [0, 0.1) is 0 Å². The highest BCUT2D eigenvalue weighted by atomic mass is 35.5. The van der Waals surface area contributed by atoms with E-state index in [1.54, 1.807) is 12.3 Å². The highest BCUT2D eigenvalue weighted by Crippen LogP contribution is 2.21. The van der Waals surface area contributed by atoms with Crippen LogP contribution in [0.25, 0.3) is 0 Å². The number of halogens is 3. The predicted octanol–water partition coefficient (Wildman–Crippen LogP) is 4.80. The van der Waals surface area contributed by atoms with E-state index in [0.717, 1.165) is 36.8 Å². The van der Waals surface area contributed by atoms with E-state index in [9.17, 15) is 0 Å². The van der Waals surface area contributed by atoms with Gasteiger partial charge in [0.25, 0.3) is 0 Å². The molecule has 3 nitrogen and oxygen atoms in total. The molecular weight excluding hydrogens is 353 g/mol. The van der Waals surface area contributed by atoms with Crippen molar-refractivity contribution in [1.29, 1.82) is 0 Å². The Bertz CT molecular complexity index is 693. The van der Waals surface area contributed by atoms with Crippen LogP contribution >= 0.6 is 34.8 Å². The first-order valence-corrected chi connectivity index (χ1v) is 8.50. The summed E-state index contributed by atoms with van der Waals surface area (Å²) in [5, 5.41) is 8.57. The van der Waals surface area contributed by atoms with Gasteiger partial charge in [-0.15, -0.1) is 0 Å². The fourth-order valence-electron chi connectivity index (χ4n) is 2.47. The van der Waals surface area contributed by atoms with E-state index in [0.29, 0.717) is 10.0 Å². The number of nitrogens with zero attached hydrogens (tertiary/aromatic N) is 3. The van der Waals surface area contributed by atoms with Gasteiger partial charge in [0, 0.05) is 34.4 Å². The molecule has 6 heteroatoms. The van der Waals surface area contributed by atoms with Crippen molar-refractivity contribution in [3.8, 4) is 0 Å². The monoisotopic (exact) mass is 367 g/mol. The summed E-state index contributed by atoms with van der Waals surface area (Å²) < 4.78 is 0. The van der Waals surface area contributed by atoms with Crippen LogP contribution in [0.2, 0.25) is 15.1 Å². The number of rotatable bonds is 3. The topological polar surface area (TPSA) is 18.8 Å². The van der Waals surface area contributed by atoms with E-state index < -0.39 is 0 Å². The molecule has 2 aromatic carbocycles. The summed E-state index contributed by atoms with van der Waals surface area (Å²) in [7, 11) is 0. The molecular formula is C17H16Cl3N3. The molecule has 23 heavy (non-hydrogen) atoms. The van der Waals surface area contributed by atoms with Gasteiger partial charge in [0.1, 0.15) is 0 Å². The molecule has 0 radical (unpaired) electrons. The second-order valence-corrected chi connectivity index (χ2v) is 6.61. The molecule has 0 unspecified atom stereocenters. The molecule has 1 saturated heterocycles. The summed E-state index contributed by atoms with van der Waals surface area (Å²) in [5.74, 6) is 0. The van der Waals surface area contributed by atoms with Crippen molar-refractivity contribution in [1.82, 2.24) is 5.01 Å². The van der Waals surface area contributed by atoms with E-state index >= 15 is 0 Å². The SMILES string of the molecule is Clc1ccc(N2CCN(/N=C\c3ccc(Cl)cc3Cl)CC2)cc1. The van der Waals surface area contributed by atoms with Gasteiger partial charge in [0.15, 0.2) is 0 Å². The van der Waals surface area contributed by atoms with Crippen LogP contribution in [0.15, 0.2) is 47.6 Å². The first-order chi connectivity index (χ1) is 11.1. The zero-order valence-electron chi connectivity index (χ0n) is 12.4. The summed E-state index contributed by atoms with van der Waals surface area (Å²) in [6.45, 7) is 3.58. The van der Waals surface area contributed by atoms with Gasteiger partial charge >= 0.3 is 0 Å². The lowest BCUT2D eigenvalue weighted by atomic mass is 10.2. The first kappa shape index (κ1) is 16.4. The summed E-state index contributed by atoms with van der Waals surface area (Å²) in [6, 6.07) is 13.4. The Balaban J connectivity index is 1.58. The number of piperazine rings is 1. The lowest BCUT2D eigenvalue weighted by molar-refractivity contribution is 0.272. The molecule has 0 atom stereocenters. The van der Waals surface area contributed by atoms with E-state index in [2.05, 4.69) is 27.1 Å². The largest absolute Gasteiger partial charge is 0.368 e. The molecule has 0 aliphatic carbocycles. The average molecular weight is 369 g/mol. The number of hydrazone groups is 1. The molecule has 1 heterocycles. The van der Waals surface area contributed by atoms with Crippen molar-refractivity contribution < 1.29 is 0 Å². The van der Waals surface area contributed by atoms with Crippen LogP contribution in [-0.2, 0) is 0 Å². The highest BCUT2D eigenvalue weighted by molar-refractivity contribution is 6.36. The molecule has 2 aromatic rings. The minimum absolute atomic E-state index is 0.612. The van der Waals surface area contributed by atoms with E-state index in [1.807, 2.05) is 24.3 Å². The molecule has 0 aromatic heterocycles. The van der Waals surface area contributed by atoms with Crippen LogP contribution in [0.4, 0.5) is 5.69 Å². The van der Waals surface area contributed by atoms with Crippen molar-refractivity contribution >= 4 is 46.7 Å². The lowest BCUT2D eigenvalue weighted by Crippen LogP contribution is -2.44. The first-order valence-electron chi connectivity index (χ1n) is 7.36. The maximum Gasteiger partial charge on any atom is 0.0557 e. The fraction of sp³-hybridized carbons (Fsp3) is 0.235. The van der Waals surface area contributed by atoms with E-state index in [1.165, 1.54) is 5.69 Å². The van der Waals surface area contributed by atoms with E-state index in [-0.39, 0.29) is 0 Å². The second kappa shape index (κ2) is 7.43. The Kier molecular flexibility index (Phi) is 5.31. The van der Waals surface area contributed by atoms with Gasteiger partial charge in [-0.1, -0.05) is 40.9 Å². The van der Waals surface area contributed by atoms with Gasteiger partial charge in [-0.2, -0.15) is 5.10 Å². The van der Waals surface area contributed by atoms with Crippen molar-refractivity contribution in [3.05, 3.63) is 63.1 Å². The van der Waals surface area contributed by atoms with E-state index in [4.69, 9.17) is 34.8 Å². The molecule has 1 aliphatic rings. The predicted molar refractivity (Wildman–Crippen MR) is 99.3 cm³/mol. The zero-order chi connectivity index (χ0) is 16.2. The van der Waals surface area contributed by atoms with Gasteiger partial charge in [-0.25, -0.2) is 0 Å². The van der Waals surface area contributed by atoms with Crippen LogP contribution in [0.1, 0.15) is 5.56 Å². The number of hydrogen-bond acceptors (Lipinski definition) is 3. The average Bonchev–Trinajstić information content (AvgIpc) is 2.55. The molecule has 0 N–H and O–H groups in total. The number of benzene rings is 2. The molecule has 0 bridgehead atoms. The quantitative estimate of drug-likeness (QED) is 0.724. The summed E-state index contributed by atoms with van der Waals surface area (Å²) in [4.78, 5) is 2.33. The molecule has 120 valence electrons. The van der Waals surface area contributed by atoms with Gasteiger partial charge in [0.2, 0.25) is 0 Å². The minimum atomic E-state index is 0.612. The number of hydrogen-bond donors (Lipinski definition) is 0. The fourth-order valence-corrected chi connectivity index (χ4v) is 3.05. The van der Waals surface area contributed by atoms with Crippen molar-refractivity contribution in [2.75, 3.05) is 31.1 Å². The van der Waals surface area contributed by atoms with Gasteiger partial charge in [-0.3, -0.25) is 5.01 Å². The lowest BCUT2D eigenvalue weighted by Gasteiger charge is -2.34. The Morgan fingerprint density at radius 2 is 1.48 bits per heavy atom. The standard InChI is InChI=1S/C17H16Cl3N3/c18-14-3-5-16(6-4-14)22-7-9-23(10-8-22)21-12-13-1-2-15(19)11-17(13)20/h1-6,11-12H,7-10H2/b21-12-. The molecule has 0 amide bonds. The second-order valence-electron chi connectivity index (χ2n) is 5.33. The van der Waals surface area contributed by atoms with Gasteiger partial charge in [0.05, 0.1) is 24.3 Å². The Morgan fingerprint density at radius 1 is 0.826 bits per heavy atom. The third kappa shape index (κ3) is 4.31. The van der Waals surface area contributed by atoms with Gasteiger partial charge < -0.3 is 4.90 Å². The maximum absolute atomic E-state index is 6.15. The summed E-state index contributed by atoms with van der Waals surface area (Å²) in [5.41, 5.74) is 2.06. The Labute approximate surface area is 151 Å². The van der Waals surface area contributed by atoms with Gasteiger partial charge in [-0.05, 0) is 36.4 Å². The Morgan fingerprint density at radius 3 is 2.13 bits per heavy atom. The minimum Gasteiger partial charge on any atom is -0.368 e. The maximum atomic E-state index is 6.15. The zero-order valence-corrected chi connectivity index (χ0v) is 14.7. The molecule has 0 spiro atoms. The van der Waals surface area contributed by atoms with Crippen LogP contribution in [0.3, 0.4) is 0 Å². The molecule has 3 rings (SSSR count). The molecule has 0 saturated carbocycles. The Hall–Kier alpha value is -1.42. The number of anilines is 1.